The molecule has 1 heterocycles. The number of amides is 1. The van der Waals surface area contributed by atoms with Crippen LogP contribution in [0, 0.1) is 5.92 Å². The van der Waals surface area contributed by atoms with Gasteiger partial charge in [-0.3, -0.25) is 14.8 Å². The summed E-state index contributed by atoms with van der Waals surface area (Å²) in [6.45, 7) is 6.57. The number of halogens is 1. The lowest BCUT2D eigenvalue weighted by Gasteiger charge is -2.19. The lowest BCUT2D eigenvalue weighted by molar-refractivity contribution is -0.121. The second-order valence-corrected chi connectivity index (χ2v) is 5.48. The summed E-state index contributed by atoms with van der Waals surface area (Å²) in [4.78, 5) is 11.3. The number of aryl methyl sites for hydroxylation is 2. The molecule has 0 aliphatic rings. The van der Waals surface area contributed by atoms with Crippen molar-refractivity contribution in [1.29, 1.82) is 0 Å². The predicted octanol–water partition coefficient (Wildman–Crippen LogP) is 1.34. The zero-order valence-corrected chi connectivity index (χ0v) is 12.9. The number of nitrogens with one attached hydrogen (secondary N) is 1. The molecule has 18 heavy (non-hydrogen) atoms. The maximum Gasteiger partial charge on any atom is 0.234 e. The number of nitrogens with two attached hydrogens (primary N) is 1. The summed E-state index contributed by atoms with van der Waals surface area (Å²) < 4.78 is 2.83. The standard InChI is InChI=1S/C12H21BrN4O/c1-5-8-10(13)9(17(4)16-8)6-15-11(7(2)3)12(14)18/h7,11,15H,5-6H2,1-4H3,(H2,14,18). The van der Waals surface area contributed by atoms with Crippen molar-refractivity contribution in [3.05, 3.63) is 15.9 Å². The molecule has 5 nitrogen and oxygen atoms in total. The number of primary amides is 1. The molecule has 0 aromatic carbocycles. The second-order valence-electron chi connectivity index (χ2n) is 4.69. The van der Waals surface area contributed by atoms with Crippen LogP contribution in [0.15, 0.2) is 4.47 Å². The van der Waals surface area contributed by atoms with Gasteiger partial charge in [-0.1, -0.05) is 20.8 Å². The Morgan fingerprint density at radius 1 is 1.56 bits per heavy atom. The molecular formula is C12H21BrN4O. The Bertz CT molecular complexity index is 428. The van der Waals surface area contributed by atoms with E-state index in [1.54, 1.807) is 0 Å². The third-order valence-electron chi connectivity index (χ3n) is 2.97. The molecule has 1 unspecified atom stereocenters. The van der Waals surface area contributed by atoms with Crippen molar-refractivity contribution in [2.45, 2.75) is 39.8 Å². The predicted molar refractivity (Wildman–Crippen MR) is 74.9 cm³/mol. The lowest BCUT2D eigenvalue weighted by Crippen LogP contribution is -2.44. The van der Waals surface area contributed by atoms with Crippen LogP contribution in [0.5, 0.6) is 0 Å². The van der Waals surface area contributed by atoms with Crippen LogP contribution < -0.4 is 11.1 Å². The number of aromatic nitrogens is 2. The molecule has 0 bridgehead atoms. The fraction of sp³-hybridized carbons (Fsp3) is 0.667. The minimum atomic E-state index is -0.322. The average molecular weight is 317 g/mol. The minimum absolute atomic E-state index is 0.167. The van der Waals surface area contributed by atoms with Crippen LogP contribution in [0.25, 0.3) is 0 Å². The smallest absolute Gasteiger partial charge is 0.234 e. The summed E-state index contributed by atoms with van der Waals surface area (Å²) in [5.74, 6) is -0.154. The van der Waals surface area contributed by atoms with Crippen molar-refractivity contribution in [2.24, 2.45) is 18.7 Å². The van der Waals surface area contributed by atoms with Crippen LogP contribution in [-0.2, 0) is 24.8 Å². The molecule has 0 fully saturated rings. The van der Waals surface area contributed by atoms with Gasteiger partial charge in [0.15, 0.2) is 0 Å². The first kappa shape index (κ1) is 15.2. The van der Waals surface area contributed by atoms with Crippen molar-refractivity contribution in [1.82, 2.24) is 15.1 Å². The largest absolute Gasteiger partial charge is 0.368 e. The average Bonchev–Trinajstić information content (AvgIpc) is 2.55. The minimum Gasteiger partial charge on any atom is -0.368 e. The highest BCUT2D eigenvalue weighted by Crippen LogP contribution is 2.21. The first-order valence-corrected chi connectivity index (χ1v) is 6.90. The first-order chi connectivity index (χ1) is 8.38. The number of hydrogen-bond donors (Lipinski definition) is 2. The summed E-state index contributed by atoms with van der Waals surface area (Å²) in [6, 6.07) is -0.322. The molecule has 102 valence electrons. The molecule has 0 aliphatic carbocycles. The topological polar surface area (TPSA) is 72.9 Å². The van der Waals surface area contributed by atoms with Crippen LogP contribution in [-0.4, -0.2) is 21.7 Å². The van der Waals surface area contributed by atoms with Gasteiger partial charge in [-0.2, -0.15) is 5.10 Å². The van der Waals surface area contributed by atoms with Gasteiger partial charge in [0, 0.05) is 13.6 Å². The van der Waals surface area contributed by atoms with Crippen LogP contribution in [0.4, 0.5) is 0 Å². The van der Waals surface area contributed by atoms with Crippen molar-refractivity contribution in [2.75, 3.05) is 0 Å². The quantitative estimate of drug-likeness (QED) is 0.832. The summed E-state index contributed by atoms with van der Waals surface area (Å²) in [5, 5.41) is 7.60. The Kier molecular flexibility index (Phi) is 5.34. The van der Waals surface area contributed by atoms with E-state index in [0.29, 0.717) is 6.54 Å². The second kappa shape index (κ2) is 6.33. The highest BCUT2D eigenvalue weighted by Gasteiger charge is 2.20. The highest BCUT2D eigenvalue weighted by atomic mass is 79.9. The Morgan fingerprint density at radius 2 is 2.17 bits per heavy atom. The maximum absolute atomic E-state index is 11.3. The summed E-state index contributed by atoms with van der Waals surface area (Å²) in [5.41, 5.74) is 7.42. The molecule has 1 amide bonds. The molecule has 1 rings (SSSR count). The van der Waals surface area contributed by atoms with E-state index in [2.05, 4.69) is 33.3 Å². The van der Waals surface area contributed by atoms with Gasteiger partial charge in [-0.25, -0.2) is 0 Å². The monoisotopic (exact) mass is 316 g/mol. The van der Waals surface area contributed by atoms with E-state index in [-0.39, 0.29) is 17.9 Å². The summed E-state index contributed by atoms with van der Waals surface area (Å²) in [6.07, 6.45) is 0.873. The van der Waals surface area contributed by atoms with Gasteiger partial charge < -0.3 is 5.73 Å². The fourth-order valence-electron chi connectivity index (χ4n) is 1.88. The first-order valence-electron chi connectivity index (χ1n) is 6.11. The van der Waals surface area contributed by atoms with Gasteiger partial charge in [-0.15, -0.1) is 0 Å². The van der Waals surface area contributed by atoms with Crippen molar-refractivity contribution in [3.63, 3.8) is 0 Å². The molecule has 0 saturated carbocycles. The molecule has 3 N–H and O–H groups in total. The zero-order chi connectivity index (χ0) is 13.9. The molecule has 0 spiro atoms. The third-order valence-corrected chi connectivity index (χ3v) is 3.88. The van der Waals surface area contributed by atoms with Crippen LogP contribution in [0.2, 0.25) is 0 Å². The molecule has 1 aromatic heterocycles. The Labute approximate surface area is 116 Å². The number of carbonyl (C=O) groups excluding carboxylic acids is 1. The normalized spacial score (nSPS) is 13.0. The highest BCUT2D eigenvalue weighted by molar-refractivity contribution is 9.10. The summed E-state index contributed by atoms with van der Waals surface area (Å²) >= 11 is 3.55. The van der Waals surface area contributed by atoms with Crippen LogP contribution >= 0.6 is 15.9 Å². The molecular weight excluding hydrogens is 296 g/mol. The molecule has 0 aliphatic heterocycles. The lowest BCUT2D eigenvalue weighted by atomic mass is 10.0. The van der Waals surface area contributed by atoms with Gasteiger partial charge in [0.05, 0.1) is 21.9 Å². The van der Waals surface area contributed by atoms with E-state index in [4.69, 9.17) is 5.73 Å². The zero-order valence-electron chi connectivity index (χ0n) is 11.3. The number of nitrogens with zero attached hydrogens (tertiary/aromatic N) is 2. The van der Waals surface area contributed by atoms with Gasteiger partial charge in [0.25, 0.3) is 0 Å². The van der Waals surface area contributed by atoms with Gasteiger partial charge in [-0.05, 0) is 28.3 Å². The van der Waals surface area contributed by atoms with E-state index in [0.717, 1.165) is 22.3 Å². The van der Waals surface area contributed by atoms with E-state index in [1.807, 2.05) is 25.6 Å². The Balaban J connectivity index is 2.79. The Morgan fingerprint density at radius 3 is 2.56 bits per heavy atom. The van der Waals surface area contributed by atoms with Crippen molar-refractivity contribution < 1.29 is 4.79 Å². The Hall–Kier alpha value is -0.880. The van der Waals surface area contributed by atoms with Crippen molar-refractivity contribution >= 4 is 21.8 Å². The number of carbonyl (C=O) groups is 1. The molecule has 1 atom stereocenters. The van der Waals surface area contributed by atoms with Crippen LogP contribution in [0.1, 0.15) is 32.2 Å². The molecule has 0 saturated heterocycles. The SMILES string of the molecule is CCc1nn(C)c(CNC(C(N)=O)C(C)C)c1Br. The van der Waals surface area contributed by atoms with Crippen molar-refractivity contribution in [3.8, 4) is 0 Å². The van der Waals surface area contributed by atoms with Crippen LogP contribution in [0.3, 0.4) is 0 Å². The van der Waals surface area contributed by atoms with Gasteiger partial charge in [0.2, 0.25) is 5.91 Å². The summed E-state index contributed by atoms with van der Waals surface area (Å²) in [7, 11) is 1.90. The molecule has 1 aromatic rings. The maximum atomic E-state index is 11.3. The third kappa shape index (κ3) is 3.32. The number of hydrogen-bond acceptors (Lipinski definition) is 3. The fourth-order valence-corrected chi connectivity index (χ4v) is 2.64. The van der Waals surface area contributed by atoms with E-state index in [9.17, 15) is 4.79 Å². The number of rotatable bonds is 6. The van der Waals surface area contributed by atoms with Gasteiger partial charge in [0.1, 0.15) is 0 Å². The van der Waals surface area contributed by atoms with E-state index < -0.39 is 0 Å². The van der Waals surface area contributed by atoms with E-state index in [1.165, 1.54) is 0 Å². The van der Waals surface area contributed by atoms with E-state index >= 15 is 0 Å². The molecule has 0 radical (unpaired) electrons. The molecule has 6 heteroatoms. The van der Waals surface area contributed by atoms with Gasteiger partial charge >= 0.3 is 0 Å².